The van der Waals surface area contributed by atoms with Crippen molar-refractivity contribution in [2.45, 2.75) is 20.8 Å². The van der Waals surface area contributed by atoms with Crippen molar-refractivity contribution in [3.63, 3.8) is 0 Å². The van der Waals surface area contributed by atoms with E-state index in [0.717, 1.165) is 72.7 Å². The van der Waals surface area contributed by atoms with Crippen LogP contribution in [-0.4, -0.2) is 75.7 Å². The first-order valence-electron chi connectivity index (χ1n) is 11.9. The Morgan fingerprint density at radius 1 is 1.00 bits per heavy atom. The maximum atomic E-state index is 13.4. The summed E-state index contributed by atoms with van der Waals surface area (Å²) in [6, 6.07) is 19.4. The Morgan fingerprint density at radius 2 is 1.79 bits per heavy atom. The zero-order valence-corrected chi connectivity index (χ0v) is 21.2. The Kier molecular flexibility index (Phi) is 7.01. The molecule has 3 aromatic rings. The van der Waals surface area contributed by atoms with E-state index in [1.54, 1.807) is 12.1 Å². The molecule has 0 aliphatic carbocycles. The topological polar surface area (TPSA) is 64.7 Å². The van der Waals surface area contributed by atoms with Gasteiger partial charge >= 0.3 is 0 Å². The van der Waals surface area contributed by atoms with E-state index in [1.807, 2.05) is 42.5 Å². The molecule has 1 atom stereocenters. The Bertz CT molecular complexity index is 1260. The van der Waals surface area contributed by atoms with Gasteiger partial charge in [-0.2, -0.15) is 0 Å². The van der Waals surface area contributed by atoms with Gasteiger partial charge in [0.2, 0.25) is 0 Å². The summed E-state index contributed by atoms with van der Waals surface area (Å²) in [6.07, 6.45) is 1.11. The molecule has 8 heteroatoms. The normalized spacial score (nSPS) is 19.5. The van der Waals surface area contributed by atoms with Gasteiger partial charge in [-0.1, -0.05) is 30.3 Å². The van der Waals surface area contributed by atoms with Crippen molar-refractivity contribution in [3.05, 3.63) is 60.7 Å². The summed E-state index contributed by atoms with van der Waals surface area (Å²) in [5.74, 6) is 0. The number of hydrogen-bond donors (Lipinski definition) is 2. The Labute approximate surface area is 206 Å². The summed E-state index contributed by atoms with van der Waals surface area (Å²) in [6.45, 7) is 7.04. The number of likely N-dealkylation sites (N-methyl/N-ethyl adjacent to an activating group) is 1. The standard InChI is InChI=1S/C26H32N4O2S2/c1-29-13-15-30(16-14-29)12-4-11-27-22-8-10-25-24(18-22)28-19-26(33-25)34(31,32)23-9-7-20-5-2-3-6-21(20)17-23/h2-3,5-10,17-18,26-28H,4,11-16,19H2,1H3. The maximum Gasteiger partial charge on any atom is 0.192 e. The smallest absolute Gasteiger partial charge is 0.192 e. The molecule has 2 N–H and O–H groups in total. The third-order valence-electron chi connectivity index (χ3n) is 6.67. The molecular weight excluding hydrogens is 464 g/mol. The fourth-order valence-corrected chi connectivity index (χ4v) is 7.69. The van der Waals surface area contributed by atoms with E-state index >= 15 is 0 Å². The second-order valence-corrected chi connectivity index (χ2v) is 12.8. The van der Waals surface area contributed by atoms with Crippen LogP contribution in [0.15, 0.2) is 70.5 Å². The molecule has 5 rings (SSSR count). The quantitative estimate of drug-likeness (QED) is 0.475. The zero-order valence-electron chi connectivity index (χ0n) is 19.5. The summed E-state index contributed by atoms with van der Waals surface area (Å²) in [7, 11) is -1.28. The van der Waals surface area contributed by atoms with Crippen LogP contribution >= 0.6 is 11.8 Å². The third-order valence-corrected chi connectivity index (χ3v) is 10.5. The number of rotatable bonds is 7. The van der Waals surface area contributed by atoms with Crippen molar-refractivity contribution in [1.82, 2.24) is 9.80 Å². The summed E-state index contributed by atoms with van der Waals surface area (Å²) in [4.78, 5) is 6.27. The lowest BCUT2D eigenvalue weighted by Gasteiger charge is -2.32. The average Bonchev–Trinajstić information content (AvgIpc) is 2.87. The van der Waals surface area contributed by atoms with Gasteiger partial charge in [0.05, 0.1) is 4.90 Å². The molecular formula is C26H32N4O2S2. The Morgan fingerprint density at radius 3 is 2.62 bits per heavy atom. The van der Waals surface area contributed by atoms with E-state index < -0.39 is 14.4 Å². The van der Waals surface area contributed by atoms with Crippen LogP contribution in [0.3, 0.4) is 0 Å². The van der Waals surface area contributed by atoms with Crippen molar-refractivity contribution in [1.29, 1.82) is 0 Å². The second-order valence-electron chi connectivity index (χ2n) is 9.12. The first-order chi connectivity index (χ1) is 16.5. The molecule has 0 spiro atoms. The molecule has 0 aromatic heterocycles. The molecule has 1 unspecified atom stereocenters. The van der Waals surface area contributed by atoms with Crippen LogP contribution in [-0.2, 0) is 9.84 Å². The van der Waals surface area contributed by atoms with E-state index in [2.05, 4.69) is 33.5 Å². The number of nitrogens with one attached hydrogen (secondary N) is 2. The molecule has 180 valence electrons. The number of benzene rings is 3. The van der Waals surface area contributed by atoms with Crippen LogP contribution in [0.1, 0.15) is 6.42 Å². The number of thioether (sulfide) groups is 1. The van der Waals surface area contributed by atoms with Crippen LogP contribution in [0.25, 0.3) is 10.8 Å². The lowest BCUT2D eigenvalue weighted by atomic mass is 10.1. The molecule has 0 amide bonds. The molecule has 3 aromatic carbocycles. The maximum absolute atomic E-state index is 13.4. The van der Waals surface area contributed by atoms with Gasteiger partial charge in [0.25, 0.3) is 0 Å². The fraction of sp³-hybridized carbons (Fsp3) is 0.385. The zero-order chi connectivity index (χ0) is 23.5. The van der Waals surface area contributed by atoms with Crippen molar-refractivity contribution >= 4 is 43.7 Å². The Hall–Kier alpha value is -2.26. The van der Waals surface area contributed by atoms with E-state index in [9.17, 15) is 8.42 Å². The molecule has 2 heterocycles. The van der Waals surface area contributed by atoms with E-state index in [1.165, 1.54) is 11.8 Å². The number of piperazine rings is 1. The fourth-order valence-electron chi connectivity index (χ4n) is 4.53. The van der Waals surface area contributed by atoms with Crippen LogP contribution in [0.4, 0.5) is 11.4 Å². The van der Waals surface area contributed by atoms with Gasteiger partial charge in [0.1, 0.15) is 4.58 Å². The summed E-state index contributed by atoms with van der Waals surface area (Å²) in [5, 5.41) is 8.87. The SMILES string of the molecule is CN1CCN(CCCNc2ccc3c(c2)NCC(S(=O)(=O)c2ccc4ccccc4c2)S3)CC1. The third kappa shape index (κ3) is 5.20. The number of sulfone groups is 1. The monoisotopic (exact) mass is 496 g/mol. The minimum atomic E-state index is -3.46. The molecule has 34 heavy (non-hydrogen) atoms. The number of nitrogens with zero attached hydrogens (tertiary/aromatic N) is 2. The number of hydrogen-bond acceptors (Lipinski definition) is 7. The lowest BCUT2D eigenvalue weighted by Crippen LogP contribution is -2.44. The summed E-state index contributed by atoms with van der Waals surface area (Å²) in [5.41, 5.74) is 2.07. The van der Waals surface area contributed by atoms with Gasteiger partial charge in [0, 0.05) is 55.5 Å². The Balaban J connectivity index is 1.19. The van der Waals surface area contributed by atoms with Crippen LogP contribution in [0, 0.1) is 0 Å². The predicted octanol–water partition coefficient (Wildman–Crippen LogP) is 4.21. The molecule has 1 fully saturated rings. The number of fused-ring (bicyclic) bond motifs is 2. The minimum Gasteiger partial charge on any atom is -0.385 e. The first-order valence-corrected chi connectivity index (χ1v) is 14.3. The largest absolute Gasteiger partial charge is 0.385 e. The summed E-state index contributed by atoms with van der Waals surface area (Å²) >= 11 is 1.43. The predicted molar refractivity (Wildman–Crippen MR) is 143 cm³/mol. The minimum absolute atomic E-state index is 0.382. The highest BCUT2D eigenvalue weighted by molar-refractivity contribution is 8.13. The molecule has 2 aliphatic rings. The number of anilines is 2. The second kappa shape index (κ2) is 10.2. The highest BCUT2D eigenvalue weighted by atomic mass is 32.3. The van der Waals surface area contributed by atoms with E-state index in [0.29, 0.717) is 11.4 Å². The summed E-state index contributed by atoms with van der Waals surface area (Å²) < 4.78 is 26.1. The van der Waals surface area contributed by atoms with Gasteiger partial charge in [-0.15, -0.1) is 11.8 Å². The van der Waals surface area contributed by atoms with Gasteiger partial charge < -0.3 is 20.4 Å². The van der Waals surface area contributed by atoms with E-state index in [-0.39, 0.29) is 0 Å². The van der Waals surface area contributed by atoms with Crippen molar-refractivity contribution in [2.24, 2.45) is 0 Å². The highest BCUT2D eigenvalue weighted by Crippen LogP contribution is 2.40. The molecule has 0 bridgehead atoms. The van der Waals surface area contributed by atoms with Crippen LogP contribution in [0.2, 0.25) is 0 Å². The molecule has 6 nitrogen and oxygen atoms in total. The van der Waals surface area contributed by atoms with Crippen molar-refractivity contribution in [2.75, 3.05) is 63.5 Å². The molecule has 2 aliphatic heterocycles. The molecule has 0 radical (unpaired) electrons. The van der Waals surface area contributed by atoms with Gasteiger partial charge in [0.15, 0.2) is 9.84 Å². The van der Waals surface area contributed by atoms with E-state index in [4.69, 9.17) is 0 Å². The van der Waals surface area contributed by atoms with Gasteiger partial charge in [-0.3, -0.25) is 0 Å². The lowest BCUT2D eigenvalue weighted by molar-refractivity contribution is 0.154. The first kappa shape index (κ1) is 23.5. The van der Waals surface area contributed by atoms with Crippen LogP contribution < -0.4 is 10.6 Å². The van der Waals surface area contributed by atoms with Gasteiger partial charge in [-0.05, 0) is 61.1 Å². The molecule has 1 saturated heterocycles. The average molecular weight is 497 g/mol. The molecule has 0 saturated carbocycles. The highest BCUT2D eigenvalue weighted by Gasteiger charge is 2.32. The van der Waals surface area contributed by atoms with Gasteiger partial charge in [-0.25, -0.2) is 8.42 Å². The van der Waals surface area contributed by atoms with Crippen molar-refractivity contribution in [3.8, 4) is 0 Å². The van der Waals surface area contributed by atoms with Crippen LogP contribution in [0.5, 0.6) is 0 Å². The van der Waals surface area contributed by atoms with Crippen molar-refractivity contribution < 1.29 is 8.42 Å².